The van der Waals surface area contributed by atoms with E-state index in [2.05, 4.69) is 35.5 Å². The van der Waals surface area contributed by atoms with Crippen molar-refractivity contribution in [3.05, 3.63) is 35.9 Å². The zero-order valence-electron chi connectivity index (χ0n) is 10.1. The summed E-state index contributed by atoms with van der Waals surface area (Å²) in [5.41, 5.74) is 1.31. The van der Waals surface area contributed by atoms with Gasteiger partial charge in [0.05, 0.1) is 6.61 Å². The van der Waals surface area contributed by atoms with Crippen LogP contribution < -0.4 is 0 Å². The molecule has 94 valence electrons. The first-order chi connectivity index (χ1) is 8.26. The number of rotatable bonds is 6. The van der Waals surface area contributed by atoms with Crippen molar-refractivity contribution in [2.45, 2.75) is 20.4 Å². The molecule has 0 fully saturated rings. The van der Waals surface area contributed by atoms with E-state index in [-0.39, 0.29) is 0 Å². The van der Waals surface area contributed by atoms with Gasteiger partial charge in [0.2, 0.25) is 4.38 Å². The van der Waals surface area contributed by atoms with Gasteiger partial charge < -0.3 is 4.74 Å². The van der Waals surface area contributed by atoms with Gasteiger partial charge >= 0.3 is 0 Å². The van der Waals surface area contributed by atoms with Gasteiger partial charge in [0.1, 0.15) is 0 Å². The summed E-state index contributed by atoms with van der Waals surface area (Å²) in [7, 11) is 3.15. The molecule has 0 aliphatic rings. The molecule has 0 amide bonds. The zero-order chi connectivity index (χ0) is 12.5. The molecule has 1 aromatic rings. The molecule has 0 atom stereocenters. The Hall–Kier alpha value is -0.230. The van der Waals surface area contributed by atoms with Crippen LogP contribution in [-0.4, -0.2) is 21.8 Å². The van der Waals surface area contributed by atoms with Gasteiger partial charge in [-0.05, 0) is 24.7 Å². The molecule has 0 N–H and O–H groups in total. The Labute approximate surface area is 117 Å². The lowest BCUT2D eigenvalue weighted by Gasteiger charge is -2.18. The monoisotopic (exact) mass is 287 g/mol. The average molecular weight is 287 g/mol. The van der Waals surface area contributed by atoms with E-state index in [1.807, 2.05) is 13.0 Å². The maximum Gasteiger partial charge on any atom is 0.232 e. The van der Waals surface area contributed by atoms with Crippen LogP contribution in [0.3, 0.4) is 0 Å². The van der Waals surface area contributed by atoms with Crippen molar-refractivity contribution < 1.29 is 4.74 Å². The minimum atomic E-state index is 0.601. The highest BCUT2D eigenvalue weighted by Gasteiger charge is 2.07. The van der Waals surface area contributed by atoms with Crippen LogP contribution in [0, 0.1) is 0 Å². The number of thiocarbonyl (C=S) groups is 1. The van der Waals surface area contributed by atoms with E-state index in [0.29, 0.717) is 11.0 Å². The molecular weight excluding hydrogens is 270 g/mol. The number of ether oxygens (including phenoxy) is 1. The minimum Gasteiger partial charge on any atom is -0.478 e. The van der Waals surface area contributed by atoms with Crippen molar-refractivity contribution >= 4 is 38.4 Å². The molecule has 0 aliphatic carbocycles. The Morgan fingerprint density at radius 1 is 1.29 bits per heavy atom. The van der Waals surface area contributed by atoms with Crippen LogP contribution in [0.15, 0.2) is 30.3 Å². The van der Waals surface area contributed by atoms with Crippen LogP contribution in [0.2, 0.25) is 0 Å². The fourth-order valence-electron chi connectivity index (χ4n) is 1.20. The van der Waals surface area contributed by atoms with Crippen molar-refractivity contribution in [3.63, 3.8) is 0 Å². The molecule has 17 heavy (non-hydrogen) atoms. The highest BCUT2D eigenvalue weighted by molar-refractivity contribution is 8.82. The predicted octanol–water partition coefficient (Wildman–Crippen LogP) is 4.13. The third-order valence-corrected chi connectivity index (χ3v) is 4.95. The third-order valence-electron chi connectivity index (χ3n) is 2.03. The second kappa shape index (κ2) is 8.80. The van der Waals surface area contributed by atoms with Gasteiger partial charge in [-0.15, -0.1) is 0 Å². The van der Waals surface area contributed by atoms with Crippen molar-refractivity contribution in [2.75, 3.05) is 13.2 Å². The topological polar surface area (TPSA) is 12.5 Å². The smallest absolute Gasteiger partial charge is 0.232 e. The Morgan fingerprint density at radius 2 is 2.00 bits per heavy atom. The molecule has 0 saturated heterocycles. The van der Waals surface area contributed by atoms with Crippen LogP contribution in [0.4, 0.5) is 0 Å². The van der Waals surface area contributed by atoms with Gasteiger partial charge in [0, 0.05) is 34.9 Å². The van der Waals surface area contributed by atoms with Crippen LogP contribution in [0.5, 0.6) is 0 Å². The first-order valence-electron chi connectivity index (χ1n) is 5.56. The van der Waals surface area contributed by atoms with E-state index >= 15 is 0 Å². The molecule has 0 aromatic heterocycles. The van der Waals surface area contributed by atoms with Gasteiger partial charge in [-0.25, -0.2) is 4.31 Å². The molecule has 0 radical (unpaired) electrons. The van der Waals surface area contributed by atoms with Gasteiger partial charge in [0.25, 0.3) is 0 Å². The number of hydrogen-bond acceptors (Lipinski definition) is 5. The molecule has 1 rings (SSSR count). The first-order valence-corrected chi connectivity index (χ1v) is 8.08. The first kappa shape index (κ1) is 14.8. The quantitative estimate of drug-likeness (QED) is 0.442. The van der Waals surface area contributed by atoms with E-state index in [1.54, 1.807) is 11.0 Å². The summed E-state index contributed by atoms with van der Waals surface area (Å²) in [5.74, 6) is 0. The highest BCUT2D eigenvalue weighted by atomic mass is 33.1. The summed E-state index contributed by atoms with van der Waals surface area (Å²) >= 11 is 5.08. The van der Waals surface area contributed by atoms with E-state index in [4.69, 9.17) is 17.0 Å². The second-order valence-corrected chi connectivity index (χ2v) is 6.06. The summed E-state index contributed by atoms with van der Waals surface area (Å²) in [6.45, 7) is 6.61. The van der Waals surface area contributed by atoms with Crippen molar-refractivity contribution in [1.82, 2.24) is 4.31 Å². The van der Waals surface area contributed by atoms with E-state index in [9.17, 15) is 0 Å². The molecule has 1 aromatic carbocycles. The summed E-state index contributed by atoms with van der Waals surface area (Å²) in [5, 5.41) is 0. The van der Waals surface area contributed by atoms with Gasteiger partial charge in [-0.3, -0.25) is 0 Å². The standard InChI is InChI=1S/C12H17NOS3/c1-3-13(17-16-12(15)14-4-2)10-11-8-6-5-7-9-11/h5-9H,3-4,10H2,1-2H3. The van der Waals surface area contributed by atoms with E-state index in [1.165, 1.54) is 16.4 Å². The SMILES string of the molecule is CCOC(=S)SSN(CC)Cc1ccccc1. The molecule has 0 saturated carbocycles. The lowest BCUT2D eigenvalue weighted by molar-refractivity contribution is 0.346. The molecule has 0 heterocycles. The van der Waals surface area contributed by atoms with E-state index < -0.39 is 0 Å². The zero-order valence-corrected chi connectivity index (χ0v) is 12.5. The Kier molecular flexibility index (Phi) is 7.68. The Bertz CT molecular complexity index is 332. The summed E-state index contributed by atoms with van der Waals surface area (Å²) < 4.78 is 8.09. The fraction of sp³-hybridized carbons (Fsp3) is 0.417. The van der Waals surface area contributed by atoms with Crippen LogP contribution in [0.1, 0.15) is 19.4 Å². The lowest BCUT2D eigenvalue weighted by atomic mass is 10.2. The Balaban J connectivity index is 2.36. The third kappa shape index (κ3) is 6.31. The summed E-state index contributed by atoms with van der Waals surface area (Å²) in [6, 6.07) is 10.4. The van der Waals surface area contributed by atoms with Crippen molar-refractivity contribution in [2.24, 2.45) is 0 Å². The molecule has 0 aliphatic heterocycles. The number of hydrogen-bond donors (Lipinski definition) is 0. The van der Waals surface area contributed by atoms with Crippen LogP contribution in [-0.2, 0) is 11.3 Å². The minimum absolute atomic E-state index is 0.601. The second-order valence-electron chi connectivity index (χ2n) is 3.28. The van der Waals surface area contributed by atoms with E-state index in [0.717, 1.165) is 13.1 Å². The average Bonchev–Trinajstić information content (AvgIpc) is 2.36. The van der Waals surface area contributed by atoms with Crippen LogP contribution >= 0.6 is 34.0 Å². The molecule has 2 nitrogen and oxygen atoms in total. The van der Waals surface area contributed by atoms with Gasteiger partial charge in [-0.1, -0.05) is 37.3 Å². The maximum atomic E-state index is 5.23. The highest BCUT2D eigenvalue weighted by Crippen LogP contribution is 2.29. The molecular formula is C12H17NOS3. The molecule has 5 heteroatoms. The fourth-order valence-corrected chi connectivity index (χ4v) is 3.35. The molecule has 0 bridgehead atoms. The maximum absolute atomic E-state index is 5.23. The molecule has 0 unspecified atom stereocenters. The summed E-state index contributed by atoms with van der Waals surface area (Å²) in [4.78, 5) is 0. The summed E-state index contributed by atoms with van der Waals surface area (Å²) in [6.07, 6.45) is 0. The lowest BCUT2D eigenvalue weighted by Crippen LogP contribution is -2.13. The number of nitrogens with zero attached hydrogens (tertiary/aromatic N) is 1. The van der Waals surface area contributed by atoms with Crippen molar-refractivity contribution in [3.8, 4) is 0 Å². The van der Waals surface area contributed by atoms with Crippen LogP contribution in [0.25, 0.3) is 0 Å². The predicted molar refractivity (Wildman–Crippen MR) is 81.9 cm³/mol. The van der Waals surface area contributed by atoms with Crippen molar-refractivity contribution in [1.29, 1.82) is 0 Å². The van der Waals surface area contributed by atoms with Gasteiger partial charge in [-0.2, -0.15) is 0 Å². The largest absolute Gasteiger partial charge is 0.478 e. The molecule has 0 spiro atoms. The normalized spacial score (nSPS) is 10.5. The Morgan fingerprint density at radius 3 is 2.59 bits per heavy atom. The number of benzene rings is 1. The van der Waals surface area contributed by atoms with Gasteiger partial charge in [0.15, 0.2) is 0 Å².